The summed E-state index contributed by atoms with van der Waals surface area (Å²) < 4.78 is 0. The summed E-state index contributed by atoms with van der Waals surface area (Å²) in [6.07, 6.45) is 5.73. The normalized spacial score (nSPS) is 27.0. The van der Waals surface area contributed by atoms with E-state index in [0.717, 1.165) is 51.0 Å². The molecule has 3 saturated heterocycles. The van der Waals surface area contributed by atoms with Gasteiger partial charge < -0.3 is 10.0 Å². The number of carbonyl (C=O) groups excluding carboxylic acids is 1. The molecule has 134 valence electrons. The number of hydrogen-bond donors (Lipinski definition) is 1. The highest BCUT2D eigenvalue weighted by molar-refractivity contribution is 5.87. The van der Waals surface area contributed by atoms with Crippen LogP contribution in [0.15, 0.2) is 24.3 Å². The van der Waals surface area contributed by atoms with Crippen LogP contribution in [-0.4, -0.2) is 52.5 Å². The number of nitrogens with zero attached hydrogens (tertiary/aromatic N) is 2. The molecule has 1 saturated carbocycles. The number of carbonyl (C=O) groups is 2. The second-order valence-electron chi connectivity index (χ2n) is 7.90. The van der Waals surface area contributed by atoms with Crippen LogP contribution < -0.4 is 0 Å². The van der Waals surface area contributed by atoms with Crippen LogP contribution in [0, 0.1) is 11.8 Å². The third-order valence-corrected chi connectivity index (χ3v) is 6.18. The number of hydrogen-bond acceptors (Lipinski definition) is 3. The molecule has 0 radical (unpaired) electrons. The summed E-state index contributed by atoms with van der Waals surface area (Å²) in [5.41, 5.74) is 1.48. The van der Waals surface area contributed by atoms with E-state index < -0.39 is 5.97 Å². The van der Waals surface area contributed by atoms with Gasteiger partial charge in [-0.25, -0.2) is 4.79 Å². The highest BCUT2D eigenvalue weighted by Crippen LogP contribution is 2.33. The van der Waals surface area contributed by atoms with Crippen molar-refractivity contribution < 1.29 is 14.7 Å². The van der Waals surface area contributed by atoms with E-state index in [4.69, 9.17) is 5.11 Å². The highest BCUT2D eigenvalue weighted by Gasteiger charge is 2.39. The molecule has 2 bridgehead atoms. The summed E-state index contributed by atoms with van der Waals surface area (Å²) in [5.74, 6) is 0.358. The molecule has 1 amide bonds. The van der Waals surface area contributed by atoms with Gasteiger partial charge in [0, 0.05) is 38.1 Å². The molecular weight excluding hydrogens is 316 g/mol. The Morgan fingerprint density at radius 3 is 2.40 bits per heavy atom. The predicted molar refractivity (Wildman–Crippen MR) is 94.2 cm³/mol. The first-order valence-electron chi connectivity index (χ1n) is 9.45. The van der Waals surface area contributed by atoms with Crippen LogP contribution >= 0.6 is 0 Å². The molecule has 5 heteroatoms. The van der Waals surface area contributed by atoms with Gasteiger partial charge in [0.2, 0.25) is 5.91 Å². The molecule has 0 spiro atoms. The van der Waals surface area contributed by atoms with Crippen molar-refractivity contribution in [2.45, 2.75) is 44.7 Å². The van der Waals surface area contributed by atoms with Crippen LogP contribution in [0.4, 0.5) is 0 Å². The van der Waals surface area contributed by atoms with Crippen LogP contribution in [0.3, 0.4) is 0 Å². The molecule has 0 aromatic heterocycles. The average Bonchev–Trinajstić information content (AvgIpc) is 2.85. The van der Waals surface area contributed by atoms with Crippen molar-refractivity contribution >= 4 is 11.9 Å². The summed E-state index contributed by atoms with van der Waals surface area (Å²) >= 11 is 0. The Kier molecular flexibility index (Phi) is 4.50. The fourth-order valence-electron chi connectivity index (χ4n) is 4.45. The zero-order valence-corrected chi connectivity index (χ0v) is 14.6. The first-order chi connectivity index (χ1) is 12.1. The lowest BCUT2D eigenvalue weighted by molar-refractivity contribution is -0.138. The fraction of sp³-hybridized carbons (Fsp3) is 0.600. The van der Waals surface area contributed by atoms with Crippen LogP contribution in [-0.2, 0) is 11.3 Å². The van der Waals surface area contributed by atoms with Crippen LogP contribution in [0.2, 0.25) is 0 Å². The van der Waals surface area contributed by atoms with E-state index in [0.29, 0.717) is 23.4 Å². The lowest BCUT2D eigenvalue weighted by Crippen LogP contribution is -2.45. The topological polar surface area (TPSA) is 60.9 Å². The van der Waals surface area contributed by atoms with Crippen molar-refractivity contribution in [3.63, 3.8) is 0 Å². The first kappa shape index (κ1) is 16.6. The molecule has 2 atom stereocenters. The molecule has 2 unspecified atom stereocenters. The summed E-state index contributed by atoms with van der Waals surface area (Å²) in [6, 6.07) is 7.63. The standard InChI is InChI=1S/C20H26N2O3/c23-19(16-2-1-3-16)22-12-15-6-9-18(13-22)21(11-15)10-14-4-7-17(8-5-14)20(24)25/h4-5,7-8,15-16,18H,1-3,6,9-13H2,(H,24,25). The Morgan fingerprint density at radius 1 is 1.00 bits per heavy atom. The number of carboxylic acid groups (broad SMARTS) is 1. The minimum Gasteiger partial charge on any atom is -0.478 e. The first-order valence-corrected chi connectivity index (χ1v) is 9.45. The second-order valence-corrected chi connectivity index (χ2v) is 7.90. The zero-order valence-electron chi connectivity index (χ0n) is 14.6. The SMILES string of the molecule is O=C(O)c1ccc(CN2CC3CCC2CN(C(=O)C2CCC2)C3)cc1. The van der Waals surface area contributed by atoms with Crippen LogP contribution in [0.1, 0.15) is 48.0 Å². The largest absolute Gasteiger partial charge is 0.478 e. The molecule has 1 aliphatic carbocycles. The molecule has 1 aromatic rings. The van der Waals surface area contributed by atoms with Gasteiger partial charge in [-0.3, -0.25) is 9.69 Å². The van der Waals surface area contributed by atoms with Gasteiger partial charge in [0.1, 0.15) is 0 Å². The Bertz CT molecular complexity index is 653. The Hall–Kier alpha value is -1.88. The maximum atomic E-state index is 12.7. The van der Waals surface area contributed by atoms with E-state index in [2.05, 4.69) is 9.80 Å². The molecular formula is C20H26N2O3. The van der Waals surface area contributed by atoms with Crippen molar-refractivity contribution in [2.24, 2.45) is 11.8 Å². The van der Waals surface area contributed by atoms with Gasteiger partial charge in [0.25, 0.3) is 0 Å². The molecule has 1 aromatic carbocycles. The lowest BCUT2D eigenvalue weighted by atomic mass is 9.84. The summed E-state index contributed by atoms with van der Waals surface area (Å²) in [6.45, 7) is 3.66. The monoisotopic (exact) mass is 342 g/mol. The van der Waals surface area contributed by atoms with Gasteiger partial charge in [-0.2, -0.15) is 0 Å². The number of aromatic carboxylic acids is 1. The smallest absolute Gasteiger partial charge is 0.335 e. The number of rotatable bonds is 4. The summed E-state index contributed by atoms with van der Waals surface area (Å²) in [5, 5.41) is 9.02. The van der Waals surface area contributed by atoms with Gasteiger partial charge in [-0.05, 0) is 49.3 Å². The third kappa shape index (κ3) is 3.43. The predicted octanol–water partition coefficient (Wildman–Crippen LogP) is 2.61. The molecule has 3 heterocycles. The zero-order chi connectivity index (χ0) is 17.4. The average molecular weight is 342 g/mol. The van der Waals surface area contributed by atoms with Gasteiger partial charge in [-0.15, -0.1) is 0 Å². The summed E-state index contributed by atoms with van der Waals surface area (Å²) in [7, 11) is 0. The Labute approximate surface area is 148 Å². The maximum absolute atomic E-state index is 12.7. The molecule has 4 aliphatic rings. The Morgan fingerprint density at radius 2 is 1.76 bits per heavy atom. The number of fused-ring (bicyclic) bond motifs is 4. The molecule has 3 aliphatic heterocycles. The third-order valence-electron chi connectivity index (χ3n) is 6.18. The van der Waals surface area contributed by atoms with Crippen molar-refractivity contribution in [1.29, 1.82) is 0 Å². The number of benzene rings is 1. The molecule has 1 N–H and O–H groups in total. The van der Waals surface area contributed by atoms with Crippen LogP contribution in [0.5, 0.6) is 0 Å². The molecule has 4 fully saturated rings. The van der Waals surface area contributed by atoms with E-state index in [-0.39, 0.29) is 5.92 Å². The van der Waals surface area contributed by atoms with Crippen LogP contribution in [0.25, 0.3) is 0 Å². The van der Waals surface area contributed by atoms with E-state index in [1.54, 1.807) is 12.1 Å². The lowest BCUT2D eigenvalue weighted by Gasteiger charge is -2.36. The molecule has 5 nitrogen and oxygen atoms in total. The quantitative estimate of drug-likeness (QED) is 0.914. The van der Waals surface area contributed by atoms with Gasteiger partial charge in [0.15, 0.2) is 0 Å². The number of piperidine rings is 1. The van der Waals surface area contributed by atoms with Crippen molar-refractivity contribution in [3.8, 4) is 0 Å². The summed E-state index contributed by atoms with van der Waals surface area (Å²) in [4.78, 5) is 28.3. The van der Waals surface area contributed by atoms with Gasteiger partial charge >= 0.3 is 5.97 Å². The number of carboxylic acids is 1. The van der Waals surface area contributed by atoms with Crippen molar-refractivity contribution in [3.05, 3.63) is 35.4 Å². The van der Waals surface area contributed by atoms with E-state index in [1.165, 1.54) is 12.8 Å². The van der Waals surface area contributed by atoms with Crippen molar-refractivity contribution in [2.75, 3.05) is 19.6 Å². The minimum atomic E-state index is -0.884. The van der Waals surface area contributed by atoms with Gasteiger partial charge in [0.05, 0.1) is 5.56 Å². The number of amides is 1. The maximum Gasteiger partial charge on any atom is 0.335 e. The van der Waals surface area contributed by atoms with E-state index >= 15 is 0 Å². The minimum absolute atomic E-state index is 0.287. The highest BCUT2D eigenvalue weighted by atomic mass is 16.4. The van der Waals surface area contributed by atoms with Crippen molar-refractivity contribution in [1.82, 2.24) is 9.80 Å². The Balaban J connectivity index is 1.43. The fourth-order valence-corrected chi connectivity index (χ4v) is 4.45. The molecule has 5 rings (SSSR count). The second kappa shape index (κ2) is 6.79. The van der Waals surface area contributed by atoms with E-state index in [1.807, 2.05) is 12.1 Å². The van der Waals surface area contributed by atoms with E-state index in [9.17, 15) is 9.59 Å². The van der Waals surface area contributed by atoms with Gasteiger partial charge in [-0.1, -0.05) is 18.6 Å². The molecule has 25 heavy (non-hydrogen) atoms.